The highest BCUT2D eigenvalue weighted by Crippen LogP contribution is 2.33. The summed E-state index contributed by atoms with van der Waals surface area (Å²) in [4.78, 5) is 8.63. The number of hydrogen-bond donors (Lipinski definition) is 1. The van der Waals surface area contributed by atoms with Crippen LogP contribution in [0.25, 0.3) is 11.5 Å². The van der Waals surface area contributed by atoms with Crippen LogP contribution in [0, 0.1) is 0 Å². The summed E-state index contributed by atoms with van der Waals surface area (Å²) < 4.78 is 7.37. The highest BCUT2D eigenvalue weighted by molar-refractivity contribution is 5.47. The summed E-state index contributed by atoms with van der Waals surface area (Å²) in [5.41, 5.74) is 0.881. The van der Waals surface area contributed by atoms with Gasteiger partial charge in [-0.05, 0) is 19.4 Å². The van der Waals surface area contributed by atoms with Crippen molar-refractivity contribution >= 4 is 0 Å². The van der Waals surface area contributed by atoms with E-state index in [2.05, 4.69) is 27.4 Å². The van der Waals surface area contributed by atoms with Crippen molar-refractivity contribution in [2.75, 3.05) is 13.1 Å². The molecule has 6 nitrogen and oxygen atoms in total. The van der Waals surface area contributed by atoms with Gasteiger partial charge < -0.3 is 14.4 Å². The van der Waals surface area contributed by atoms with E-state index in [-0.39, 0.29) is 5.41 Å². The molecule has 0 spiro atoms. The Balaban J connectivity index is 1.96. The van der Waals surface area contributed by atoms with E-state index < -0.39 is 0 Å². The van der Waals surface area contributed by atoms with Crippen molar-refractivity contribution in [3.63, 3.8) is 0 Å². The molecule has 0 amide bonds. The highest BCUT2D eigenvalue weighted by Gasteiger charge is 2.39. The fraction of sp³-hybridized carbons (Fsp3) is 0.583. The van der Waals surface area contributed by atoms with Crippen LogP contribution in [-0.2, 0) is 12.5 Å². The first-order valence-electron chi connectivity index (χ1n) is 6.27. The number of nitrogens with zero attached hydrogens (tertiary/aromatic N) is 4. The molecular formula is C12H17N5O. The standard InChI is InChI=1S/C12H17N5O/c1-3-12(4-5-13-7-12)11-15-10(16-18-11)9-6-14-8-17(9)2/h6,8,13H,3-5,7H2,1-2H3. The zero-order valence-electron chi connectivity index (χ0n) is 10.7. The number of imidazole rings is 1. The van der Waals surface area contributed by atoms with Gasteiger partial charge in [-0.25, -0.2) is 4.98 Å². The zero-order chi connectivity index (χ0) is 12.6. The molecule has 1 fully saturated rings. The minimum Gasteiger partial charge on any atom is -0.338 e. The molecule has 6 heteroatoms. The lowest BCUT2D eigenvalue weighted by Crippen LogP contribution is -2.28. The van der Waals surface area contributed by atoms with Gasteiger partial charge in [0.05, 0.1) is 17.9 Å². The fourth-order valence-corrected chi connectivity index (χ4v) is 2.49. The Morgan fingerprint density at radius 3 is 3.06 bits per heavy atom. The Bertz CT molecular complexity index is 538. The molecular weight excluding hydrogens is 230 g/mol. The highest BCUT2D eigenvalue weighted by atomic mass is 16.5. The van der Waals surface area contributed by atoms with Gasteiger partial charge in [0, 0.05) is 13.6 Å². The molecule has 2 aromatic heterocycles. The molecule has 3 heterocycles. The number of rotatable bonds is 3. The number of hydrogen-bond acceptors (Lipinski definition) is 5. The molecule has 96 valence electrons. The first-order valence-corrected chi connectivity index (χ1v) is 6.27. The monoisotopic (exact) mass is 247 g/mol. The SMILES string of the molecule is CCC1(c2nc(-c3cncn3C)no2)CCNC1. The Morgan fingerprint density at radius 1 is 1.56 bits per heavy atom. The third kappa shape index (κ3) is 1.64. The van der Waals surface area contributed by atoms with Crippen LogP contribution in [0.3, 0.4) is 0 Å². The predicted octanol–water partition coefficient (Wildman–Crippen LogP) is 1.11. The zero-order valence-corrected chi connectivity index (χ0v) is 10.7. The molecule has 18 heavy (non-hydrogen) atoms. The molecule has 0 saturated carbocycles. The Kier molecular flexibility index (Phi) is 2.66. The molecule has 2 aromatic rings. The maximum atomic E-state index is 5.48. The lowest BCUT2D eigenvalue weighted by atomic mass is 9.84. The van der Waals surface area contributed by atoms with Crippen LogP contribution in [0.5, 0.6) is 0 Å². The van der Waals surface area contributed by atoms with E-state index in [1.165, 1.54) is 0 Å². The molecule has 0 bridgehead atoms. The van der Waals surface area contributed by atoms with Crippen LogP contribution in [0.2, 0.25) is 0 Å². The first-order chi connectivity index (χ1) is 8.75. The van der Waals surface area contributed by atoms with Crippen LogP contribution in [0.1, 0.15) is 25.7 Å². The second-order valence-corrected chi connectivity index (χ2v) is 4.87. The minimum absolute atomic E-state index is 0.00381. The summed E-state index contributed by atoms with van der Waals surface area (Å²) in [6.45, 7) is 4.09. The topological polar surface area (TPSA) is 68.8 Å². The number of nitrogens with one attached hydrogen (secondary N) is 1. The summed E-state index contributed by atoms with van der Waals surface area (Å²) in [5, 5.41) is 7.45. The summed E-state index contributed by atoms with van der Waals surface area (Å²) in [5.74, 6) is 1.36. The van der Waals surface area contributed by atoms with E-state index >= 15 is 0 Å². The predicted molar refractivity (Wildman–Crippen MR) is 66.0 cm³/mol. The van der Waals surface area contributed by atoms with Gasteiger partial charge in [0.1, 0.15) is 5.69 Å². The van der Waals surface area contributed by atoms with Crippen molar-refractivity contribution in [2.45, 2.75) is 25.2 Å². The summed E-state index contributed by atoms with van der Waals surface area (Å²) >= 11 is 0. The van der Waals surface area contributed by atoms with Crippen LogP contribution in [0.4, 0.5) is 0 Å². The van der Waals surface area contributed by atoms with Gasteiger partial charge in [-0.15, -0.1) is 0 Å². The Hall–Kier alpha value is -1.69. The van der Waals surface area contributed by atoms with Crippen LogP contribution < -0.4 is 5.32 Å². The van der Waals surface area contributed by atoms with Gasteiger partial charge in [0.15, 0.2) is 0 Å². The lowest BCUT2D eigenvalue weighted by Gasteiger charge is -2.20. The molecule has 1 atom stereocenters. The van der Waals surface area contributed by atoms with Crippen molar-refractivity contribution in [3.8, 4) is 11.5 Å². The second-order valence-electron chi connectivity index (χ2n) is 4.87. The van der Waals surface area contributed by atoms with Gasteiger partial charge in [-0.3, -0.25) is 0 Å². The molecule has 1 aliphatic heterocycles. The van der Waals surface area contributed by atoms with Crippen LogP contribution in [0.15, 0.2) is 17.0 Å². The fourth-order valence-electron chi connectivity index (χ4n) is 2.49. The minimum atomic E-state index is 0.00381. The van der Waals surface area contributed by atoms with E-state index in [1.54, 1.807) is 12.5 Å². The van der Waals surface area contributed by atoms with Crippen molar-refractivity contribution < 1.29 is 4.52 Å². The third-order valence-corrected chi connectivity index (χ3v) is 3.85. The van der Waals surface area contributed by atoms with E-state index in [1.807, 2.05) is 11.6 Å². The normalized spacial score (nSPS) is 23.7. The van der Waals surface area contributed by atoms with Gasteiger partial charge >= 0.3 is 0 Å². The molecule has 1 unspecified atom stereocenters. The molecule has 0 aliphatic carbocycles. The number of aryl methyl sites for hydroxylation is 1. The average molecular weight is 247 g/mol. The number of aromatic nitrogens is 4. The average Bonchev–Trinajstić information content (AvgIpc) is 3.08. The van der Waals surface area contributed by atoms with E-state index in [9.17, 15) is 0 Å². The Labute approximate surface area is 105 Å². The maximum absolute atomic E-state index is 5.48. The maximum Gasteiger partial charge on any atom is 0.234 e. The van der Waals surface area contributed by atoms with Crippen molar-refractivity contribution in [3.05, 3.63) is 18.4 Å². The molecule has 1 saturated heterocycles. The van der Waals surface area contributed by atoms with Crippen LogP contribution in [-0.4, -0.2) is 32.8 Å². The third-order valence-electron chi connectivity index (χ3n) is 3.85. The largest absolute Gasteiger partial charge is 0.338 e. The lowest BCUT2D eigenvalue weighted by molar-refractivity contribution is 0.285. The second kappa shape index (κ2) is 4.20. The van der Waals surface area contributed by atoms with E-state index in [0.29, 0.717) is 5.82 Å². The van der Waals surface area contributed by atoms with Crippen molar-refractivity contribution in [1.29, 1.82) is 0 Å². The van der Waals surface area contributed by atoms with Gasteiger partial charge in [0.25, 0.3) is 0 Å². The van der Waals surface area contributed by atoms with Crippen molar-refractivity contribution in [2.24, 2.45) is 7.05 Å². The van der Waals surface area contributed by atoms with Gasteiger partial charge in [-0.1, -0.05) is 12.1 Å². The van der Waals surface area contributed by atoms with E-state index in [4.69, 9.17) is 4.52 Å². The summed E-state index contributed by atoms with van der Waals surface area (Å²) in [6.07, 6.45) is 5.54. The quantitative estimate of drug-likeness (QED) is 0.880. The molecule has 3 rings (SSSR count). The van der Waals surface area contributed by atoms with Crippen LogP contribution >= 0.6 is 0 Å². The van der Waals surface area contributed by atoms with Gasteiger partial charge in [-0.2, -0.15) is 4.98 Å². The van der Waals surface area contributed by atoms with Gasteiger partial charge in [0.2, 0.25) is 11.7 Å². The molecule has 1 aliphatic rings. The molecule has 1 N–H and O–H groups in total. The molecule has 0 radical (unpaired) electrons. The smallest absolute Gasteiger partial charge is 0.234 e. The van der Waals surface area contributed by atoms with E-state index in [0.717, 1.165) is 37.5 Å². The Morgan fingerprint density at radius 2 is 2.44 bits per heavy atom. The summed E-state index contributed by atoms with van der Waals surface area (Å²) in [6, 6.07) is 0. The molecule has 0 aromatic carbocycles. The first kappa shape index (κ1) is 11.4. The van der Waals surface area contributed by atoms with Crippen molar-refractivity contribution in [1.82, 2.24) is 25.0 Å². The summed E-state index contributed by atoms with van der Waals surface area (Å²) in [7, 11) is 1.92.